The molecule has 2 rings (SSSR count). The van der Waals surface area contributed by atoms with Gasteiger partial charge in [-0.15, -0.1) is 0 Å². The second-order valence-electron chi connectivity index (χ2n) is 7.42. The van der Waals surface area contributed by atoms with E-state index in [-0.39, 0.29) is 47.7 Å². The van der Waals surface area contributed by atoms with E-state index in [2.05, 4.69) is 36.7 Å². The molecule has 0 aliphatic heterocycles. The van der Waals surface area contributed by atoms with Crippen LogP contribution in [0.25, 0.3) is 0 Å². The molecule has 0 aromatic carbocycles. The number of carbonyl (C=O) groups excluding carboxylic acids is 3. The molecule has 3 atom stereocenters. The van der Waals surface area contributed by atoms with E-state index in [4.69, 9.17) is 0 Å². The van der Waals surface area contributed by atoms with E-state index in [9.17, 15) is 14.4 Å². The van der Waals surface area contributed by atoms with E-state index in [1.807, 2.05) is 0 Å². The summed E-state index contributed by atoms with van der Waals surface area (Å²) < 4.78 is 0. The summed E-state index contributed by atoms with van der Waals surface area (Å²) in [5.74, 6) is -0.121. The van der Waals surface area contributed by atoms with Crippen LogP contribution in [0.2, 0.25) is 0 Å². The fourth-order valence-electron chi connectivity index (χ4n) is 4.11. The summed E-state index contributed by atoms with van der Waals surface area (Å²) in [6, 6.07) is 0.181. The van der Waals surface area contributed by atoms with E-state index < -0.39 is 0 Å². The maximum atomic E-state index is 12.1. The van der Waals surface area contributed by atoms with Crippen molar-refractivity contribution >= 4 is 17.7 Å². The number of hydrogen-bond donors (Lipinski definition) is 3. The number of fused-ring (bicyclic) bond motifs is 2. The third-order valence-corrected chi connectivity index (χ3v) is 6.07. The summed E-state index contributed by atoms with van der Waals surface area (Å²) >= 11 is 0. The molecule has 0 spiro atoms. The first-order valence-corrected chi connectivity index (χ1v) is 7.97. The van der Waals surface area contributed by atoms with Crippen LogP contribution in [0.3, 0.4) is 0 Å². The van der Waals surface area contributed by atoms with Gasteiger partial charge in [-0.05, 0) is 36.0 Å². The highest BCUT2D eigenvalue weighted by molar-refractivity contribution is 5.87. The van der Waals surface area contributed by atoms with Crippen LogP contribution in [0.5, 0.6) is 0 Å². The maximum absolute atomic E-state index is 12.1. The topological polar surface area (TPSA) is 87.3 Å². The molecule has 2 bridgehead atoms. The first-order valence-electron chi connectivity index (χ1n) is 7.97. The quantitative estimate of drug-likeness (QED) is 0.694. The van der Waals surface area contributed by atoms with Gasteiger partial charge in [0, 0.05) is 13.0 Å². The van der Waals surface area contributed by atoms with Gasteiger partial charge in [-0.3, -0.25) is 14.4 Å². The number of amides is 3. The SMILES string of the molecule is CC(=O)NCC(=O)NCC(=O)NC1CC2CCC1(C)C2(C)C. The molecule has 3 N–H and O–H groups in total. The summed E-state index contributed by atoms with van der Waals surface area (Å²) in [6.45, 7) is 8.06. The molecule has 6 heteroatoms. The molecule has 6 nitrogen and oxygen atoms in total. The minimum atomic E-state index is -0.357. The molecular formula is C16H27N3O3. The maximum Gasteiger partial charge on any atom is 0.239 e. The largest absolute Gasteiger partial charge is 0.351 e. The second kappa shape index (κ2) is 5.89. The highest BCUT2D eigenvalue weighted by atomic mass is 16.2. The van der Waals surface area contributed by atoms with Gasteiger partial charge in [0.25, 0.3) is 0 Å². The Morgan fingerprint density at radius 2 is 1.68 bits per heavy atom. The molecule has 0 heterocycles. The average Bonchev–Trinajstić information content (AvgIpc) is 2.76. The van der Waals surface area contributed by atoms with Crippen molar-refractivity contribution in [3.8, 4) is 0 Å². The minimum Gasteiger partial charge on any atom is -0.351 e. The van der Waals surface area contributed by atoms with Gasteiger partial charge in [0.2, 0.25) is 17.7 Å². The lowest BCUT2D eigenvalue weighted by Crippen LogP contribution is -2.50. The molecule has 0 saturated heterocycles. The minimum absolute atomic E-state index is 0.0455. The Hall–Kier alpha value is -1.59. The molecule has 2 saturated carbocycles. The number of nitrogens with one attached hydrogen (secondary N) is 3. The molecule has 0 radical (unpaired) electrons. The molecule has 2 fully saturated rings. The van der Waals surface area contributed by atoms with Gasteiger partial charge < -0.3 is 16.0 Å². The smallest absolute Gasteiger partial charge is 0.239 e. The standard InChI is InChI=1S/C16H27N3O3/c1-10(20)17-8-13(21)18-9-14(22)19-12-7-11-5-6-16(12,4)15(11,2)3/h11-12H,5-9H2,1-4H3,(H,17,20)(H,18,21)(H,19,22). The van der Waals surface area contributed by atoms with Gasteiger partial charge in [-0.25, -0.2) is 0 Å². The van der Waals surface area contributed by atoms with Crippen LogP contribution in [-0.4, -0.2) is 36.9 Å². The highest BCUT2D eigenvalue weighted by Gasteiger charge is 2.61. The van der Waals surface area contributed by atoms with Gasteiger partial charge in [-0.2, -0.15) is 0 Å². The molecule has 3 unspecified atom stereocenters. The number of rotatable bonds is 5. The van der Waals surface area contributed by atoms with E-state index in [0.717, 1.165) is 12.8 Å². The lowest BCUT2D eigenvalue weighted by atomic mass is 9.69. The lowest BCUT2D eigenvalue weighted by molar-refractivity contribution is -0.127. The average molecular weight is 309 g/mol. The summed E-state index contributed by atoms with van der Waals surface area (Å²) in [5, 5.41) is 8.01. The normalized spacial score (nSPS) is 31.6. The molecule has 3 amide bonds. The van der Waals surface area contributed by atoms with Crippen LogP contribution in [0.15, 0.2) is 0 Å². The first kappa shape index (κ1) is 16.8. The second-order valence-corrected chi connectivity index (χ2v) is 7.42. The van der Waals surface area contributed by atoms with Crippen LogP contribution in [0.1, 0.15) is 47.0 Å². The van der Waals surface area contributed by atoms with Crippen molar-refractivity contribution in [3.05, 3.63) is 0 Å². The Bertz CT molecular complexity index is 489. The van der Waals surface area contributed by atoms with Crippen LogP contribution in [0.4, 0.5) is 0 Å². The Morgan fingerprint density at radius 3 is 2.18 bits per heavy atom. The number of hydrogen-bond acceptors (Lipinski definition) is 3. The number of carbonyl (C=O) groups is 3. The van der Waals surface area contributed by atoms with Crippen molar-refractivity contribution in [1.29, 1.82) is 0 Å². The summed E-state index contributed by atoms with van der Waals surface area (Å²) in [5.41, 5.74) is 0.382. The van der Waals surface area contributed by atoms with E-state index >= 15 is 0 Å². The molecule has 22 heavy (non-hydrogen) atoms. The van der Waals surface area contributed by atoms with Crippen LogP contribution in [0, 0.1) is 16.7 Å². The van der Waals surface area contributed by atoms with Crippen molar-refractivity contribution in [2.75, 3.05) is 13.1 Å². The van der Waals surface area contributed by atoms with Crippen molar-refractivity contribution < 1.29 is 14.4 Å². The highest BCUT2D eigenvalue weighted by Crippen LogP contribution is 2.65. The Kier molecular flexibility index (Phi) is 4.49. The zero-order valence-corrected chi connectivity index (χ0v) is 13.9. The monoisotopic (exact) mass is 309 g/mol. The van der Waals surface area contributed by atoms with Crippen LogP contribution in [-0.2, 0) is 14.4 Å². The van der Waals surface area contributed by atoms with Gasteiger partial charge in [0.05, 0.1) is 13.1 Å². The Labute approximate surface area is 131 Å². The van der Waals surface area contributed by atoms with Crippen LogP contribution >= 0.6 is 0 Å². The molecule has 2 aliphatic carbocycles. The third-order valence-electron chi connectivity index (χ3n) is 6.07. The van der Waals surface area contributed by atoms with E-state index in [1.54, 1.807) is 0 Å². The van der Waals surface area contributed by atoms with Gasteiger partial charge >= 0.3 is 0 Å². The van der Waals surface area contributed by atoms with E-state index in [0.29, 0.717) is 5.92 Å². The van der Waals surface area contributed by atoms with Crippen molar-refractivity contribution in [2.24, 2.45) is 16.7 Å². The third kappa shape index (κ3) is 2.96. The van der Waals surface area contributed by atoms with E-state index in [1.165, 1.54) is 13.3 Å². The van der Waals surface area contributed by atoms with Crippen LogP contribution < -0.4 is 16.0 Å². The van der Waals surface area contributed by atoms with Crippen molar-refractivity contribution in [3.63, 3.8) is 0 Å². The zero-order chi connectivity index (χ0) is 16.5. The summed E-state index contributed by atoms with van der Waals surface area (Å²) in [6.07, 6.45) is 3.41. The lowest BCUT2D eigenvalue weighted by Gasteiger charge is -2.39. The summed E-state index contributed by atoms with van der Waals surface area (Å²) in [7, 11) is 0. The van der Waals surface area contributed by atoms with Gasteiger partial charge in [0.1, 0.15) is 0 Å². The predicted molar refractivity (Wildman–Crippen MR) is 82.9 cm³/mol. The predicted octanol–water partition coefficient (Wildman–Crippen LogP) is 0.570. The fraction of sp³-hybridized carbons (Fsp3) is 0.812. The molecular weight excluding hydrogens is 282 g/mol. The van der Waals surface area contributed by atoms with Gasteiger partial charge in [0.15, 0.2) is 0 Å². The first-order chi connectivity index (χ1) is 10.2. The van der Waals surface area contributed by atoms with Crippen molar-refractivity contribution in [1.82, 2.24) is 16.0 Å². The molecule has 0 aromatic heterocycles. The zero-order valence-electron chi connectivity index (χ0n) is 13.9. The fourth-order valence-corrected chi connectivity index (χ4v) is 4.11. The van der Waals surface area contributed by atoms with Gasteiger partial charge in [-0.1, -0.05) is 20.8 Å². The Balaban J connectivity index is 1.79. The molecule has 0 aromatic rings. The Morgan fingerprint density at radius 1 is 1.05 bits per heavy atom. The summed E-state index contributed by atoms with van der Waals surface area (Å²) in [4.78, 5) is 34.3. The molecule has 124 valence electrons. The molecule has 2 aliphatic rings. The van der Waals surface area contributed by atoms with Crippen molar-refractivity contribution in [2.45, 2.75) is 53.0 Å².